The third-order valence-electron chi connectivity index (χ3n) is 2.45. The van der Waals surface area contributed by atoms with Crippen LogP contribution in [0.1, 0.15) is 23.0 Å². The van der Waals surface area contributed by atoms with Crippen molar-refractivity contribution >= 4 is 28.7 Å². The molecular weight excluding hydrogens is 272 g/mol. The Morgan fingerprint density at radius 3 is 2.75 bits per heavy atom. The molecule has 1 aromatic heterocycles. The second-order valence-corrected chi connectivity index (χ2v) is 5.33. The first kappa shape index (κ1) is 14.3. The van der Waals surface area contributed by atoms with E-state index in [1.165, 1.54) is 11.8 Å². The molecule has 2 aromatic rings. The third kappa shape index (κ3) is 3.96. The Morgan fingerprint density at radius 2 is 2.15 bits per heavy atom. The number of amides is 1. The van der Waals surface area contributed by atoms with Crippen molar-refractivity contribution in [2.45, 2.75) is 13.8 Å². The fourth-order valence-electron chi connectivity index (χ4n) is 1.56. The quantitative estimate of drug-likeness (QED) is 0.674. The zero-order valence-electron chi connectivity index (χ0n) is 11.4. The highest BCUT2D eigenvalue weighted by molar-refractivity contribution is 8.13. The van der Waals surface area contributed by atoms with Gasteiger partial charge in [0.05, 0.1) is 0 Å². The number of nitrogens with one attached hydrogen (secondary N) is 2. The molecule has 0 aliphatic rings. The van der Waals surface area contributed by atoms with Crippen LogP contribution in [-0.4, -0.2) is 27.0 Å². The van der Waals surface area contributed by atoms with Crippen LogP contribution >= 0.6 is 11.8 Å². The summed E-state index contributed by atoms with van der Waals surface area (Å²) >= 11 is 1.47. The molecule has 20 heavy (non-hydrogen) atoms. The lowest BCUT2D eigenvalue weighted by Gasteiger charge is -2.06. The van der Waals surface area contributed by atoms with Crippen molar-refractivity contribution in [3.8, 4) is 0 Å². The average Bonchev–Trinajstić information content (AvgIpc) is 2.85. The minimum absolute atomic E-state index is 0.169. The number of aromatic nitrogens is 2. The topological polar surface area (TPSA) is 70.1 Å². The van der Waals surface area contributed by atoms with Crippen LogP contribution < -0.4 is 5.32 Å². The first-order valence-corrected chi connectivity index (χ1v) is 7.27. The van der Waals surface area contributed by atoms with Crippen molar-refractivity contribution in [1.82, 2.24) is 15.5 Å². The number of hydrogen-bond acceptors (Lipinski definition) is 4. The van der Waals surface area contributed by atoms with Crippen molar-refractivity contribution in [2.24, 2.45) is 4.99 Å². The maximum absolute atomic E-state index is 12.1. The number of thioether (sulfide) groups is 1. The highest BCUT2D eigenvalue weighted by Gasteiger charge is 2.09. The molecule has 0 spiro atoms. The van der Waals surface area contributed by atoms with E-state index in [4.69, 9.17) is 0 Å². The van der Waals surface area contributed by atoms with Crippen molar-refractivity contribution in [3.05, 3.63) is 47.7 Å². The van der Waals surface area contributed by atoms with Gasteiger partial charge in [0.15, 0.2) is 11.0 Å². The molecule has 0 saturated carbocycles. The molecule has 2 rings (SSSR count). The highest BCUT2D eigenvalue weighted by Crippen LogP contribution is 2.13. The number of rotatable bonds is 3. The smallest absolute Gasteiger partial charge is 0.257 e. The van der Waals surface area contributed by atoms with E-state index >= 15 is 0 Å². The maximum atomic E-state index is 12.1. The largest absolute Gasteiger partial charge is 0.301 e. The van der Waals surface area contributed by atoms with Gasteiger partial charge < -0.3 is 5.32 Å². The normalized spacial score (nSPS) is 11.4. The zero-order chi connectivity index (χ0) is 14.4. The zero-order valence-corrected chi connectivity index (χ0v) is 12.2. The summed E-state index contributed by atoms with van der Waals surface area (Å²) in [6.07, 6.45) is 0. The van der Waals surface area contributed by atoms with Crippen molar-refractivity contribution in [3.63, 3.8) is 0 Å². The summed E-state index contributed by atoms with van der Waals surface area (Å²) in [5.41, 5.74) is 1.54. The lowest BCUT2D eigenvalue weighted by atomic mass is 10.2. The van der Waals surface area contributed by atoms with E-state index in [0.29, 0.717) is 16.5 Å². The number of aliphatic imine (C=N–C) groups is 1. The Bertz CT molecular complexity index is 607. The predicted octanol–water partition coefficient (Wildman–Crippen LogP) is 2.89. The molecule has 1 heterocycles. The molecule has 2 N–H and O–H groups in total. The number of hydrogen-bond donors (Lipinski definition) is 2. The van der Waals surface area contributed by atoms with Crippen LogP contribution in [0.25, 0.3) is 0 Å². The minimum Gasteiger partial charge on any atom is -0.301 e. The molecule has 0 fully saturated rings. The average molecular weight is 288 g/mol. The Morgan fingerprint density at radius 1 is 1.40 bits per heavy atom. The molecule has 1 aromatic carbocycles. The van der Waals surface area contributed by atoms with Gasteiger partial charge in [-0.05, 0) is 24.8 Å². The van der Waals surface area contributed by atoms with Crippen LogP contribution in [0.5, 0.6) is 0 Å². The molecule has 5 nitrogen and oxygen atoms in total. The number of carbonyl (C=O) groups is 1. The Hall–Kier alpha value is -2.08. The highest BCUT2D eigenvalue weighted by atomic mass is 32.2. The Balaban J connectivity index is 2.13. The van der Waals surface area contributed by atoms with Gasteiger partial charge in [0, 0.05) is 17.3 Å². The molecule has 0 saturated heterocycles. The molecule has 0 radical (unpaired) electrons. The molecule has 0 atom stereocenters. The fraction of sp³-hybridized carbons (Fsp3) is 0.214. The number of amidine groups is 1. The number of aromatic amines is 1. The summed E-state index contributed by atoms with van der Waals surface area (Å²) in [6, 6.07) is 10.9. The standard InChI is InChI=1S/C14H16N4OS/c1-3-20-14(15-12-9-10(2)17-18-12)16-13(19)11-7-5-4-6-8-11/h4-9H,3H2,1-2H3,(H2,15,16,17,18,19). The van der Waals surface area contributed by atoms with E-state index in [-0.39, 0.29) is 5.91 Å². The Kier molecular flexibility index (Phi) is 4.95. The van der Waals surface area contributed by atoms with Crippen LogP contribution in [-0.2, 0) is 0 Å². The summed E-state index contributed by atoms with van der Waals surface area (Å²) in [4.78, 5) is 16.4. The summed E-state index contributed by atoms with van der Waals surface area (Å²) in [5.74, 6) is 1.21. The van der Waals surface area contributed by atoms with E-state index < -0.39 is 0 Å². The van der Waals surface area contributed by atoms with Gasteiger partial charge in [-0.15, -0.1) is 0 Å². The van der Waals surface area contributed by atoms with Gasteiger partial charge in [-0.3, -0.25) is 9.89 Å². The van der Waals surface area contributed by atoms with Crippen LogP contribution in [0.3, 0.4) is 0 Å². The van der Waals surface area contributed by atoms with E-state index in [2.05, 4.69) is 20.5 Å². The summed E-state index contributed by atoms with van der Waals surface area (Å²) in [7, 11) is 0. The SMILES string of the molecule is CCSC(=Nc1cc(C)[nH]n1)NC(=O)c1ccccc1. The van der Waals surface area contributed by atoms with E-state index in [0.717, 1.165) is 11.4 Å². The van der Waals surface area contributed by atoms with Crippen molar-refractivity contribution in [2.75, 3.05) is 5.75 Å². The van der Waals surface area contributed by atoms with E-state index in [1.807, 2.05) is 38.1 Å². The molecule has 1 amide bonds. The monoisotopic (exact) mass is 288 g/mol. The van der Waals surface area contributed by atoms with Gasteiger partial charge in [-0.1, -0.05) is 36.9 Å². The number of aryl methyl sites for hydroxylation is 1. The molecule has 0 unspecified atom stereocenters. The van der Waals surface area contributed by atoms with Gasteiger partial charge in [0.25, 0.3) is 5.91 Å². The predicted molar refractivity (Wildman–Crippen MR) is 82.5 cm³/mol. The van der Waals surface area contributed by atoms with Crippen LogP contribution in [0, 0.1) is 6.92 Å². The third-order valence-corrected chi connectivity index (χ3v) is 3.20. The van der Waals surface area contributed by atoms with Gasteiger partial charge in [0.2, 0.25) is 0 Å². The Labute approximate surface area is 121 Å². The second-order valence-electron chi connectivity index (χ2n) is 4.08. The number of benzene rings is 1. The maximum Gasteiger partial charge on any atom is 0.257 e. The number of H-pyrrole nitrogens is 1. The molecule has 0 bridgehead atoms. The lowest BCUT2D eigenvalue weighted by molar-refractivity contribution is 0.0978. The van der Waals surface area contributed by atoms with Crippen molar-refractivity contribution in [1.29, 1.82) is 0 Å². The number of nitrogens with zero attached hydrogens (tertiary/aromatic N) is 2. The fourth-order valence-corrected chi connectivity index (χ4v) is 2.15. The molecule has 0 aliphatic carbocycles. The van der Waals surface area contributed by atoms with Gasteiger partial charge in [-0.2, -0.15) is 5.10 Å². The van der Waals surface area contributed by atoms with Crippen LogP contribution in [0.15, 0.2) is 41.4 Å². The van der Waals surface area contributed by atoms with Crippen LogP contribution in [0.4, 0.5) is 5.82 Å². The first-order chi connectivity index (χ1) is 9.69. The summed E-state index contributed by atoms with van der Waals surface area (Å²) < 4.78 is 0. The van der Waals surface area contributed by atoms with E-state index in [9.17, 15) is 4.79 Å². The molecule has 104 valence electrons. The van der Waals surface area contributed by atoms with Crippen LogP contribution in [0.2, 0.25) is 0 Å². The number of carbonyl (C=O) groups excluding carboxylic acids is 1. The second kappa shape index (κ2) is 6.91. The van der Waals surface area contributed by atoms with E-state index in [1.54, 1.807) is 12.1 Å². The lowest BCUT2D eigenvalue weighted by Crippen LogP contribution is -2.28. The van der Waals surface area contributed by atoms with Gasteiger partial charge in [-0.25, -0.2) is 4.99 Å². The van der Waals surface area contributed by atoms with Gasteiger partial charge >= 0.3 is 0 Å². The van der Waals surface area contributed by atoms with Crippen molar-refractivity contribution < 1.29 is 4.79 Å². The summed E-state index contributed by atoms with van der Waals surface area (Å²) in [6.45, 7) is 3.91. The molecular formula is C14H16N4OS. The molecule has 6 heteroatoms. The summed E-state index contributed by atoms with van der Waals surface area (Å²) in [5, 5.41) is 10.2. The first-order valence-electron chi connectivity index (χ1n) is 6.29. The van der Waals surface area contributed by atoms with Gasteiger partial charge in [0.1, 0.15) is 0 Å². The molecule has 0 aliphatic heterocycles. The minimum atomic E-state index is -0.169.